The maximum atomic E-state index is 12.6. The van der Waals surface area contributed by atoms with Crippen LogP contribution in [-0.4, -0.2) is 37.9 Å². The monoisotopic (exact) mass is 945 g/mol. The molecule has 0 aromatic heterocycles. The maximum Gasteiger partial charge on any atom is 0.306 e. The van der Waals surface area contributed by atoms with Gasteiger partial charge in [-0.15, -0.1) is 0 Å². The predicted octanol–water partition coefficient (Wildman–Crippen LogP) is 19.8. The molecule has 0 aliphatic carbocycles. The molecule has 0 unspecified atom stereocenters. The lowest BCUT2D eigenvalue weighted by molar-refractivity contribution is -0.155. The lowest BCUT2D eigenvalue weighted by Gasteiger charge is -2.18. The summed E-state index contributed by atoms with van der Waals surface area (Å²) in [6, 6.07) is 0. The molecule has 0 saturated heterocycles. The first-order chi connectivity index (χ1) is 33.6. The van der Waals surface area contributed by atoms with Crippen LogP contribution in [0.1, 0.15) is 265 Å². The third kappa shape index (κ3) is 55.4. The summed E-state index contributed by atoms with van der Waals surface area (Å²) in [5.74, 6) is -0.482. The van der Waals surface area contributed by atoms with Crippen LogP contribution >= 0.6 is 0 Å². The van der Waals surface area contributed by atoms with E-state index in [-0.39, 0.29) is 25.2 Å². The Morgan fingerprint density at radius 3 is 0.985 bits per heavy atom. The van der Waals surface area contributed by atoms with E-state index in [2.05, 4.69) is 112 Å². The number of carbonyl (C=O) groups excluding carboxylic acids is 2. The molecule has 0 fully saturated rings. The zero-order valence-electron chi connectivity index (χ0n) is 44.8. The number of allylic oxidation sites excluding steroid dienone is 16. The number of ether oxygens (including phenoxy) is 3. The van der Waals surface area contributed by atoms with Crippen molar-refractivity contribution in [1.82, 2.24) is 0 Å². The van der Waals surface area contributed by atoms with Gasteiger partial charge in [0.05, 0.1) is 0 Å². The molecule has 5 heteroatoms. The van der Waals surface area contributed by atoms with Crippen LogP contribution in [0.4, 0.5) is 0 Å². The second kappa shape index (κ2) is 58.1. The van der Waals surface area contributed by atoms with Gasteiger partial charge in [-0.2, -0.15) is 0 Å². The van der Waals surface area contributed by atoms with E-state index in [0.717, 1.165) is 64.2 Å². The largest absolute Gasteiger partial charge is 0.463 e. The molecule has 0 aromatic carbocycles. The van der Waals surface area contributed by atoms with Gasteiger partial charge < -0.3 is 14.2 Å². The summed E-state index contributed by atoms with van der Waals surface area (Å²) in [6.07, 6.45) is 78.9. The van der Waals surface area contributed by atoms with Gasteiger partial charge in [-0.05, 0) is 89.9 Å². The van der Waals surface area contributed by atoms with Gasteiger partial charge in [0.15, 0.2) is 0 Å². The quantitative estimate of drug-likeness (QED) is 0.0345. The summed E-state index contributed by atoms with van der Waals surface area (Å²) in [7, 11) is 0. The average Bonchev–Trinajstić information content (AvgIpc) is 3.34. The molecule has 0 saturated carbocycles. The highest BCUT2D eigenvalue weighted by molar-refractivity contribution is 5.70. The lowest BCUT2D eigenvalue weighted by Crippen LogP contribution is -2.29. The fourth-order valence-electron chi connectivity index (χ4n) is 7.78. The third-order valence-electron chi connectivity index (χ3n) is 12.1. The van der Waals surface area contributed by atoms with E-state index >= 15 is 0 Å². The highest BCUT2D eigenvalue weighted by atomic mass is 16.6. The van der Waals surface area contributed by atoms with Gasteiger partial charge in [-0.25, -0.2) is 0 Å². The van der Waals surface area contributed by atoms with E-state index in [0.29, 0.717) is 25.9 Å². The van der Waals surface area contributed by atoms with E-state index in [9.17, 15) is 9.59 Å². The average molecular weight is 946 g/mol. The Morgan fingerprint density at radius 2 is 0.588 bits per heavy atom. The molecule has 0 aromatic rings. The zero-order valence-corrected chi connectivity index (χ0v) is 44.8. The second-order valence-corrected chi connectivity index (χ2v) is 18.8. The van der Waals surface area contributed by atoms with Crippen molar-refractivity contribution in [3.8, 4) is 0 Å². The van der Waals surface area contributed by atoms with Crippen molar-refractivity contribution >= 4 is 11.9 Å². The van der Waals surface area contributed by atoms with Crippen molar-refractivity contribution in [3.05, 3.63) is 97.2 Å². The van der Waals surface area contributed by atoms with Crippen LogP contribution in [0.15, 0.2) is 97.2 Å². The maximum absolute atomic E-state index is 12.6. The summed E-state index contributed by atoms with van der Waals surface area (Å²) in [4.78, 5) is 25.3. The molecular weight excluding hydrogens is 837 g/mol. The second-order valence-electron chi connectivity index (χ2n) is 18.8. The smallest absolute Gasteiger partial charge is 0.306 e. The van der Waals surface area contributed by atoms with E-state index < -0.39 is 6.10 Å². The van der Waals surface area contributed by atoms with Gasteiger partial charge in [-0.3, -0.25) is 9.59 Å². The van der Waals surface area contributed by atoms with Gasteiger partial charge in [0, 0.05) is 19.4 Å². The van der Waals surface area contributed by atoms with Crippen molar-refractivity contribution < 1.29 is 23.8 Å². The zero-order chi connectivity index (χ0) is 49.2. The number of carbonyl (C=O) groups is 2. The fraction of sp³-hybridized carbons (Fsp3) is 0.714. The SMILES string of the molecule is CCCCC/C=C\C/C=C\C/C=C\C/C=C\C/C=C\CCC(=O)OC[C@H](COC(=O)CCC/C=C\C/C=C\C/C=C\CCCCCCCC)OCCCCCCCCCCCCCCCCCC. The van der Waals surface area contributed by atoms with Crippen LogP contribution in [0, 0.1) is 0 Å². The molecule has 0 aliphatic heterocycles. The summed E-state index contributed by atoms with van der Waals surface area (Å²) < 4.78 is 17.4. The van der Waals surface area contributed by atoms with E-state index in [1.54, 1.807) is 0 Å². The Bertz CT molecular complexity index is 1300. The Labute approximate surface area is 422 Å². The molecule has 0 bridgehead atoms. The van der Waals surface area contributed by atoms with Gasteiger partial charge in [0.25, 0.3) is 0 Å². The minimum absolute atomic E-state index is 0.0993. The summed E-state index contributed by atoms with van der Waals surface area (Å²) in [6.45, 7) is 7.57. The Kier molecular flexibility index (Phi) is 55.4. The van der Waals surface area contributed by atoms with E-state index in [4.69, 9.17) is 14.2 Å². The molecule has 68 heavy (non-hydrogen) atoms. The third-order valence-corrected chi connectivity index (χ3v) is 12.1. The molecule has 0 rings (SSSR count). The van der Waals surface area contributed by atoms with Crippen molar-refractivity contribution in [2.24, 2.45) is 0 Å². The van der Waals surface area contributed by atoms with Gasteiger partial charge in [-0.1, -0.05) is 259 Å². The number of hydrogen-bond donors (Lipinski definition) is 0. The van der Waals surface area contributed by atoms with Gasteiger partial charge in [0.2, 0.25) is 0 Å². The van der Waals surface area contributed by atoms with Crippen molar-refractivity contribution in [2.75, 3.05) is 19.8 Å². The number of esters is 2. The number of unbranched alkanes of at least 4 members (excludes halogenated alkanes) is 25. The first kappa shape index (κ1) is 64.8. The number of rotatable bonds is 52. The van der Waals surface area contributed by atoms with Crippen molar-refractivity contribution in [3.63, 3.8) is 0 Å². The minimum atomic E-state index is -0.454. The van der Waals surface area contributed by atoms with Crippen LogP contribution in [0.2, 0.25) is 0 Å². The summed E-state index contributed by atoms with van der Waals surface area (Å²) in [5, 5.41) is 0. The first-order valence-corrected chi connectivity index (χ1v) is 28.8. The highest BCUT2D eigenvalue weighted by Gasteiger charge is 2.15. The fourth-order valence-corrected chi connectivity index (χ4v) is 7.78. The summed E-state index contributed by atoms with van der Waals surface area (Å²) in [5.41, 5.74) is 0. The Hall–Kier alpha value is -3.18. The van der Waals surface area contributed by atoms with Crippen LogP contribution in [-0.2, 0) is 23.8 Å². The van der Waals surface area contributed by atoms with Crippen LogP contribution in [0.25, 0.3) is 0 Å². The van der Waals surface area contributed by atoms with Crippen LogP contribution < -0.4 is 0 Å². The molecule has 0 spiro atoms. The molecule has 1 atom stereocenters. The van der Waals surface area contributed by atoms with Crippen molar-refractivity contribution in [2.45, 2.75) is 271 Å². The van der Waals surface area contributed by atoms with Crippen LogP contribution in [0.3, 0.4) is 0 Å². The normalized spacial score (nSPS) is 12.9. The molecule has 390 valence electrons. The standard InChI is InChI=1S/C63H108O5/c1-4-7-10-13-16-19-22-25-28-31-32-34-36-39-42-45-48-51-54-57-63(65)68-60-61(66-58-55-52-49-46-43-40-37-30-27-24-21-18-15-12-9-6-3)59-67-62(64)56-53-50-47-44-41-38-35-33-29-26-23-20-17-14-11-8-5-2/h16,19,25-26,28-29,32,34-35,38-39,42,44,47-48,51,61H,4-15,17-18,20-24,27,30-31,33,36-37,40-41,43,45-46,49-50,52-60H2,1-3H3/b19-16-,28-25-,29-26-,34-32-,38-35-,42-39-,47-44-,51-48-/t61-/m0/s1. The minimum Gasteiger partial charge on any atom is -0.463 e. The van der Waals surface area contributed by atoms with Gasteiger partial charge in [0.1, 0.15) is 19.3 Å². The molecule has 0 amide bonds. The predicted molar refractivity (Wildman–Crippen MR) is 297 cm³/mol. The highest BCUT2D eigenvalue weighted by Crippen LogP contribution is 2.15. The van der Waals surface area contributed by atoms with E-state index in [1.165, 1.54) is 161 Å². The lowest BCUT2D eigenvalue weighted by atomic mass is 10.0. The molecule has 0 N–H and O–H groups in total. The Morgan fingerprint density at radius 1 is 0.309 bits per heavy atom. The first-order valence-electron chi connectivity index (χ1n) is 28.8. The molecule has 0 heterocycles. The molecule has 0 radical (unpaired) electrons. The molecule has 5 nitrogen and oxygen atoms in total. The van der Waals surface area contributed by atoms with E-state index in [1.807, 2.05) is 6.08 Å². The van der Waals surface area contributed by atoms with Crippen LogP contribution in [0.5, 0.6) is 0 Å². The summed E-state index contributed by atoms with van der Waals surface area (Å²) >= 11 is 0. The molecule has 0 aliphatic rings. The van der Waals surface area contributed by atoms with Crippen molar-refractivity contribution in [1.29, 1.82) is 0 Å². The molecular formula is C63H108O5. The number of hydrogen-bond acceptors (Lipinski definition) is 5. The Balaban J connectivity index is 4.45. The topological polar surface area (TPSA) is 61.8 Å². The van der Waals surface area contributed by atoms with Gasteiger partial charge >= 0.3 is 11.9 Å².